The number of nitrogens with one attached hydrogen (secondary N) is 1. The summed E-state index contributed by atoms with van der Waals surface area (Å²) in [6.45, 7) is 0.806. The molecule has 0 amide bonds. The van der Waals surface area contributed by atoms with Crippen molar-refractivity contribution < 1.29 is 5.11 Å². The molecular weight excluding hydrogens is 170 g/mol. The van der Waals surface area contributed by atoms with Crippen molar-refractivity contribution in [3.8, 4) is 0 Å². The zero-order chi connectivity index (χ0) is 9.68. The predicted octanol–water partition coefficient (Wildman–Crippen LogP) is -0.425. The Bertz CT molecular complexity index is 321. The van der Waals surface area contributed by atoms with Gasteiger partial charge in [0.2, 0.25) is 0 Å². The van der Waals surface area contributed by atoms with Gasteiger partial charge in [-0.3, -0.25) is 4.79 Å². The summed E-state index contributed by atoms with van der Waals surface area (Å²) in [5.41, 5.74) is -0.132. The molecule has 0 atom stereocenters. The van der Waals surface area contributed by atoms with E-state index in [2.05, 4.69) is 10.4 Å². The second-order valence-corrected chi connectivity index (χ2v) is 2.68. The third-order valence-electron chi connectivity index (χ3n) is 1.60. The van der Waals surface area contributed by atoms with Crippen molar-refractivity contribution >= 4 is 5.82 Å². The smallest absolute Gasteiger partial charge is 0.266 e. The van der Waals surface area contributed by atoms with E-state index < -0.39 is 0 Å². The standard InChI is InChI=1S/C8H13N3O2/c1-11-8(13)4-3-7(10-11)9-5-2-6-12/h3-4,12H,2,5-6H2,1H3,(H,9,10). The van der Waals surface area contributed by atoms with Crippen LogP contribution in [-0.2, 0) is 7.05 Å². The molecule has 5 heteroatoms. The SMILES string of the molecule is Cn1nc(NCCCO)ccc1=O. The molecule has 0 unspecified atom stereocenters. The van der Waals surface area contributed by atoms with Crippen LogP contribution in [0.1, 0.15) is 6.42 Å². The van der Waals surface area contributed by atoms with Crippen LogP contribution in [-0.4, -0.2) is 28.0 Å². The molecule has 0 aliphatic carbocycles. The van der Waals surface area contributed by atoms with Crippen molar-refractivity contribution in [2.45, 2.75) is 6.42 Å². The number of aliphatic hydroxyl groups excluding tert-OH is 1. The molecular formula is C8H13N3O2. The Morgan fingerprint density at radius 1 is 1.62 bits per heavy atom. The van der Waals surface area contributed by atoms with Gasteiger partial charge in [0.15, 0.2) is 0 Å². The Morgan fingerprint density at radius 3 is 3.00 bits per heavy atom. The minimum Gasteiger partial charge on any atom is -0.396 e. The van der Waals surface area contributed by atoms with Gasteiger partial charge in [-0.1, -0.05) is 0 Å². The normalized spacial score (nSPS) is 10.0. The van der Waals surface area contributed by atoms with Gasteiger partial charge in [0.25, 0.3) is 5.56 Å². The number of hydrogen-bond donors (Lipinski definition) is 2. The van der Waals surface area contributed by atoms with Crippen LogP contribution in [0.25, 0.3) is 0 Å². The highest BCUT2D eigenvalue weighted by Gasteiger charge is 1.94. The number of aliphatic hydroxyl groups is 1. The molecule has 1 heterocycles. The second kappa shape index (κ2) is 4.61. The molecule has 13 heavy (non-hydrogen) atoms. The summed E-state index contributed by atoms with van der Waals surface area (Å²) in [6.07, 6.45) is 0.671. The zero-order valence-electron chi connectivity index (χ0n) is 7.53. The fourth-order valence-electron chi connectivity index (χ4n) is 0.892. The molecule has 0 radical (unpaired) electrons. The molecule has 0 aliphatic heterocycles. The molecule has 72 valence electrons. The third-order valence-corrected chi connectivity index (χ3v) is 1.60. The van der Waals surface area contributed by atoms with Gasteiger partial charge in [-0.05, 0) is 12.5 Å². The lowest BCUT2D eigenvalue weighted by Gasteiger charge is -2.04. The average molecular weight is 183 g/mol. The van der Waals surface area contributed by atoms with Crippen molar-refractivity contribution in [2.24, 2.45) is 7.05 Å². The van der Waals surface area contributed by atoms with Crippen LogP contribution in [0.5, 0.6) is 0 Å². The minimum absolute atomic E-state index is 0.132. The van der Waals surface area contributed by atoms with Crippen LogP contribution >= 0.6 is 0 Å². The highest BCUT2D eigenvalue weighted by molar-refractivity contribution is 5.31. The van der Waals surface area contributed by atoms with E-state index in [4.69, 9.17) is 5.11 Å². The van der Waals surface area contributed by atoms with Crippen LogP contribution in [0.4, 0.5) is 5.82 Å². The molecule has 0 bridgehead atoms. The van der Waals surface area contributed by atoms with E-state index in [1.165, 1.54) is 10.7 Å². The van der Waals surface area contributed by atoms with Gasteiger partial charge in [-0.2, -0.15) is 5.10 Å². The Hall–Kier alpha value is -1.36. The van der Waals surface area contributed by atoms with Gasteiger partial charge in [0.1, 0.15) is 5.82 Å². The highest BCUT2D eigenvalue weighted by atomic mass is 16.3. The molecule has 1 aromatic heterocycles. The number of nitrogens with zero attached hydrogens (tertiary/aromatic N) is 2. The molecule has 1 rings (SSSR count). The molecule has 0 aromatic carbocycles. The van der Waals surface area contributed by atoms with E-state index in [-0.39, 0.29) is 12.2 Å². The van der Waals surface area contributed by atoms with Gasteiger partial charge < -0.3 is 10.4 Å². The topological polar surface area (TPSA) is 67.2 Å². The molecule has 0 fully saturated rings. The maximum atomic E-state index is 10.9. The van der Waals surface area contributed by atoms with Crippen LogP contribution in [0.2, 0.25) is 0 Å². The maximum absolute atomic E-state index is 10.9. The third kappa shape index (κ3) is 2.87. The molecule has 2 N–H and O–H groups in total. The second-order valence-electron chi connectivity index (χ2n) is 2.68. The Balaban J connectivity index is 2.58. The average Bonchev–Trinajstić information content (AvgIpc) is 2.12. The number of aryl methyl sites for hydroxylation is 1. The molecule has 0 saturated heterocycles. The first-order valence-corrected chi connectivity index (χ1v) is 4.13. The maximum Gasteiger partial charge on any atom is 0.266 e. The van der Waals surface area contributed by atoms with Gasteiger partial charge in [0.05, 0.1) is 0 Å². The van der Waals surface area contributed by atoms with E-state index >= 15 is 0 Å². The molecule has 0 spiro atoms. The molecule has 1 aromatic rings. The van der Waals surface area contributed by atoms with Crippen LogP contribution in [0.15, 0.2) is 16.9 Å². The summed E-state index contributed by atoms with van der Waals surface area (Å²) >= 11 is 0. The monoisotopic (exact) mass is 183 g/mol. The summed E-state index contributed by atoms with van der Waals surface area (Å²) in [7, 11) is 1.60. The minimum atomic E-state index is -0.132. The van der Waals surface area contributed by atoms with Gasteiger partial charge in [0, 0.05) is 26.3 Å². The van der Waals surface area contributed by atoms with Crippen molar-refractivity contribution in [3.63, 3.8) is 0 Å². The van der Waals surface area contributed by atoms with E-state index in [0.29, 0.717) is 18.8 Å². The van der Waals surface area contributed by atoms with Crippen molar-refractivity contribution in [1.82, 2.24) is 9.78 Å². The zero-order valence-corrected chi connectivity index (χ0v) is 7.53. The lowest BCUT2D eigenvalue weighted by atomic mass is 10.4. The quantitative estimate of drug-likeness (QED) is 0.622. The summed E-state index contributed by atoms with van der Waals surface area (Å²) in [5, 5.41) is 15.5. The van der Waals surface area contributed by atoms with Crippen molar-refractivity contribution in [1.29, 1.82) is 0 Å². The first kappa shape index (κ1) is 9.73. The van der Waals surface area contributed by atoms with Crippen molar-refractivity contribution in [2.75, 3.05) is 18.5 Å². The number of anilines is 1. The summed E-state index contributed by atoms with van der Waals surface area (Å²) in [6, 6.07) is 3.08. The fourth-order valence-corrected chi connectivity index (χ4v) is 0.892. The Morgan fingerprint density at radius 2 is 2.38 bits per heavy atom. The molecule has 0 aliphatic rings. The van der Waals surface area contributed by atoms with Crippen LogP contribution in [0.3, 0.4) is 0 Å². The first-order valence-electron chi connectivity index (χ1n) is 4.13. The van der Waals surface area contributed by atoms with Crippen LogP contribution < -0.4 is 10.9 Å². The summed E-state index contributed by atoms with van der Waals surface area (Å²) in [4.78, 5) is 10.9. The van der Waals surface area contributed by atoms with E-state index in [1.54, 1.807) is 13.1 Å². The summed E-state index contributed by atoms with van der Waals surface area (Å²) < 4.78 is 1.27. The fraction of sp³-hybridized carbons (Fsp3) is 0.500. The lowest BCUT2D eigenvalue weighted by molar-refractivity contribution is 0.292. The predicted molar refractivity (Wildman–Crippen MR) is 49.7 cm³/mol. The van der Waals surface area contributed by atoms with Gasteiger partial charge >= 0.3 is 0 Å². The highest BCUT2D eigenvalue weighted by Crippen LogP contribution is 1.96. The molecule has 0 saturated carbocycles. The Labute approximate surface area is 76.0 Å². The molecule has 5 nitrogen and oxygen atoms in total. The van der Waals surface area contributed by atoms with E-state index in [9.17, 15) is 4.79 Å². The number of rotatable bonds is 4. The first-order chi connectivity index (χ1) is 6.24. The van der Waals surface area contributed by atoms with E-state index in [0.717, 1.165) is 0 Å². The van der Waals surface area contributed by atoms with Crippen molar-refractivity contribution in [3.05, 3.63) is 22.5 Å². The summed E-state index contributed by atoms with van der Waals surface area (Å²) in [5.74, 6) is 0.649. The number of hydrogen-bond acceptors (Lipinski definition) is 4. The Kier molecular flexibility index (Phi) is 3.45. The lowest BCUT2D eigenvalue weighted by Crippen LogP contribution is -2.19. The van der Waals surface area contributed by atoms with Crippen LogP contribution in [0, 0.1) is 0 Å². The number of aromatic nitrogens is 2. The van der Waals surface area contributed by atoms with Gasteiger partial charge in [-0.15, -0.1) is 0 Å². The van der Waals surface area contributed by atoms with E-state index in [1.807, 2.05) is 0 Å². The van der Waals surface area contributed by atoms with Gasteiger partial charge in [-0.25, -0.2) is 4.68 Å². The largest absolute Gasteiger partial charge is 0.396 e.